The molecule has 1 saturated heterocycles. The van der Waals surface area contributed by atoms with E-state index >= 15 is 0 Å². The van der Waals surface area contributed by atoms with Crippen LogP contribution in [0, 0.1) is 11.6 Å². The minimum Gasteiger partial charge on any atom is -0.486 e. The maximum Gasteiger partial charge on any atom is 0.298 e. The number of aromatic nitrogens is 3. The van der Waals surface area contributed by atoms with Crippen LogP contribution in [0.3, 0.4) is 0 Å². The van der Waals surface area contributed by atoms with Gasteiger partial charge in [0, 0.05) is 44.2 Å². The smallest absolute Gasteiger partial charge is 0.298 e. The van der Waals surface area contributed by atoms with Gasteiger partial charge in [0.2, 0.25) is 0 Å². The van der Waals surface area contributed by atoms with Gasteiger partial charge in [0.1, 0.15) is 23.6 Å². The molecule has 192 valence electrons. The predicted molar refractivity (Wildman–Crippen MR) is 137 cm³/mol. The van der Waals surface area contributed by atoms with Crippen LogP contribution < -0.4 is 19.9 Å². The Morgan fingerprint density at radius 3 is 2.68 bits per heavy atom. The molecular weight excluding hydrogens is 478 g/mol. The molecule has 0 amide bonds. The molecule has 0 saturated carbocycles. The Labute approximate surface area is 213 Å². The van der Waals surface area contributed by atoms with Crippen LogP contribution in [0.1, 0.15) is 25.2 Å². The molecule has 10 heteroatoms. The van der Waals surface area contributed by atoms with Crippen LogP contribution in [0.25, 0.3) is 22.4 Å². The number of anilines is 2. The number of halogens is 2. The quantitative estimate of drug-likeness (QED) is 0.432. The molecule has 0 aliphatic carbocycles. The summed E-state index contributed by atoms with van der Waals surface area (Å²) in [6, 6.07) is 9.52. The molecule has 2 aromatic carbocycles. The van der Waals surface area contributed by atoms with E-state index in [-0.39, 0.29) is 17.5 Å². The highest BCUT2D eigenvalue weighted by Gasteiger charge is 2.26. The van der Waals surface area contributed by atoms with Crippen molar-refractivity contribution in [3.63, 3.8) is 0 Å². The van der Waals surface area contributed by atoms with Crippen LogP contribution >= 0.6 is 0 Å². The summed E-state index contributed by atoms with van der Waals surface area (Å²) in [6.45, 7) is 8.57. The number of oxazole rings is 1. The first-order valence-electron chi connectivity index (χ1n) is 12.6. The first-order chi connectivity index (χ1) is 18.0. The Bertz CT molecular complexity index is 1450. The summed E-state index contributed by atoms with van der Waals surface area (Å²) < 4.78 is 41.4. The van der Waals surface area contributed by atoms with Crippen molar-refractivity contribution in [3.8, 4) is 17.0 Å². The zero-order valence-corrected chi connectivity index (χ0v) is 20.8. The molecule has 0 unspecified atom stereocenters. The van der Waals surface area contributed by atoms with Gasteiger partial charge in [-0.1, -0.05) is 6.07 Å². The molecule has 0 radical (unpaired) electrons. The zero-order chi connectivity index (χ0) is 25.5. The van der Waals surface area contributed by atoms with Crippen LogP contribution in [-0.2, 0) is 6.42 Å². The molecule has 4 heterocycles. The SMILES string of the molecule is CC(C)N1CCOc2c(F)cc(-c3nc(Cc4ccc5oc(N6CCNCC6)nc5c4)ncc3F)cc21. The highest BCUT2D eigenvalue weighted by molar-refractivity contribution is 5.76. The third kappa shape index (κ3) is 4.57. The molecule has 2 aliphatic heterocycles. The fourth-order valence-electron chi connectivity index (χ4n) is 4.91. The molecule has 1 fully saturated rings. The highest BCUT2D eigenvalue weighted by Crippen LogP contribution is 2.39. The lowest BCUT2D eigenvalue weighted by Gasteiger charge is -2.34. The van der Waals surface area contributed by atoms with E-state index in [1.165, 1.54) is 6.07 Å². The van der Waals surface area contributed by atoms with Crippen LogP contribution in [0.2, 0.25) is 0 Å². The highest BCUT2D eigenvalue weighted by atomic mass is 19.1. The van der Waals surface area contributed by atoms with Gasteiger partial charge in [0.15, 0.2) is 23.0 Å². The molecule has 4 aromatic rings. The van der Waals surface area contributed by atoms with Gasteiger partial charge in [0.25, 0.3) is 6.01 Å². The van der Waals surface area contributed by atoms with Crippen molar-refractivity contribution in [1.82, 2.24) is 20.3 Å². The second-order valence-electron chi connectivity index (χ2n) is 9.64. The molecular formula is C27H28F2N6O2. The molecule has 6 rings (SSSR count). The van der Waals surface area contributed by atoms with Gasteiger partial charge in [-0.05, 0) is 43.7 Å². The average Bonchev–Trinajstić information content (AvgIpc) is 3.33. The van der Waals surface area contributed by atoms with Crippen molar-refractivity contribution in [3.05, 3.63) is 59.6 Å². The second-order valence-corrected chi connectivity index (χ2v) is 9.64. The number of hydrogen-bond donors (Lipinski definition) is 1. The van der Waals surface area contributed by atoms with Gasteiger partial charge >= 0.3 is 0 Å². The van der Waals surface area contributed by atoms with Crippen molar-refractivity contribution < 1.29 is 17.9 Å². The molecule has 0 spiro atoms. The van der Waals surface area contributed by atoms with E-state index < -0.39 is 11.6 Å². The maximum absolute atomic E-state index is 15.0. The third-order valence-corrected chi connectivity index (χ3v) is 6.79. The fraction of sp³-hybridized carbons (Fsp3) is 0.370. The van der Waals surface area contributed by atoms with E-state index in [2.05, 4.69) is 25.2 Å². The Morgan fingerprint density at radius 1 is 1.03 bits per heavy atom. The van der Waals surface area contributed by atoms with Crippen molar-refractivity contribution in [2.24, 2.45) is 0 Å². The number of fused-ring (bicyclic) bond motifs is 2. The Morgan fingerprint density at radius 2 is 1.86 bits per heavy atom. The van der Waals surface area contributed by atoms with Crippen molar-refractivity contribution in [1.29, 1.82) is 0 Å². The minimum atomic E-state index is -0.608. The van der Waals surface area contributed by atoms with E-state index in [0.29, 0.717) is 48.2 Å². The van der Waals surface area contributed by atoms with E-state index in [9.17, 15) is 8.78 Å². The van der Waals surface area contributed by atoms with Crippen molar-refractivity contribution >= 4 is 22.8 Å². The molecule has 2 aliphatic rings. The summed E-state index contributed by atoms with van der Waals surface area (Å²) in [5.41, 5.74) is 3.39. The summed E-state index contributed by atoms with van der Waals surface area (Å²) >= 11 is 0. The maximum atomic E-state index is 15.0. The predicted octanol–water partition coefficient (Wildman–Crippen LogP) is 4.17. The second kappa shape index (κ2) is 9.59. The first kappa shape index (κ1) is 23.6. The van der Waals surface area contributed by atoms with E-state index in [4.69, 9.17) is 9.15 Å². The van der Waals surface area contributed by atoms with E-state index in [1.54, 1.807) is 6.07 Å². The standard InChI is InChI=1S/C27H28F2N6O2/c1-16(2)35-9-10-36-26-19(28)13-18(14-22(26)35)25-20(29)15-31-24(33-25)12-17-3-4-23-21(11-17)32-27(37-23)34-7-5-30-6-8-34/h3-4,11,13-16,30H,5-10,12H2,1-2H3. The van der Waals surface area contributed by atoms with E-state index in [1.807, 2.05) is 36.9 Å². The Hall–Kier alpha value is -3.79. The van der Waals surface area contributed by atoms with Crippen LogP contribution in [0.5, 0.6) is 5.75 Å². The number of ether oxygens (including phenoxy) is 1. The summed E-state index contributed by atoms with van der Waals surface area (Å²) in [4.78, 5) is 17.5. The van der Waals surface area contributed by atoms with Crippen molar-refractivity contribution in [2.75, 3.05) is 49.1 Å². The fourth-order valence-corrected chi connectivity index (χ4v) is 4.91. The average molecular weight is 507 g/mol. The van der Waals surface area contributed by atoms with Gasteiger partial charge < -0.3 is 24.3 Å². The summed E-state index contributed by atoms with van der Waals surface area (Å²) in [6.07, 6.45) is 1.51. The molecule has 37 heavy (non-hydrogen) atoms. The van der Waals surface area contributed by atoms with Crippen LogP contribution in [0.15, 0.2) is 40.9 Å². The molecule has 0 bridgehead atoms. The molecule has 2 aromatic heterocycles. The number of nitrogens with zero attached hydrogens (tertiary/aromatic N) is 5. The van der Waals surface area contributed by atoms with Gasteiger partial charge in [0.05, 0.1) is 18.4 Å². The number of rotatable bonds is 5. The van der Waals surface area contributed by atoms with Crippen LogP contribution in [0.4, 0.5) is 20.5 Å². The minimum absolute atomic E-state index is 0.0597. The normalized spacial score (nSPS) is 15.8. The van der Waals surface area contributed by atoms with Crippen molar-refractivity contribution in [2.45, 2.75) is 26.3 Å². The molecule has 0 atom stereocenters. The zero-order valence-electron chi connectivity index (χ0n) is 20.8. The first-order valence-corrected chi connectivity index (χ1v) is 12.6. The van der Waals surface area contributed by atoms with E-state index in [0.717, 1.165) is 43.5 Å². The topological polar surface area (TPSA) is 79.5 Å². The lowest BCUT2D eigenvalue weighted by molar-refractivity contribution is 0.287. The molecule has 8 nitrogen and oxygen atoms in total. The van der Waals surface area contributed by atoms with Gasteiger partial charge in [-0.15, -0.1) is 0 Å². The van der Waals surface area contributed by atoms with Crippen LogP contribution in [-0.4, -0.2) is 60.3 Å². The number of nitrogens with one attached hydrogen (secondary N) is 1. The van der Waals surface area contributed by atoms with Gasteiger partial charge in [-0.25, -0.2) is 18.7 Å². The number of piperazine rings is 1. The summed E-state index contributed by atoms with van der Waals surface area (Å²) in [7, 11) is 0. The monoisotopic (exact) mass is 506 g/mol. The van der Waals surface area contributed by atoms with Gasteiger partial charge in [-0.2, -0.15) is 4.98 Å². The Balaban J connectivity index is 1.30. The number of hydrogen-bond acceptors (Lipinski definition) is 8. The molecule has 1 N–H and O–H groups in total. The lowest BCUT2D eigenvalue weighted by atomic mass is 10.1. The Kier molecular flexibility index (Phi) is 6.11. The lowest BCUT2D eigenvalue weighted by Crippen LogP contribution is -2.43. The summed E-state index contributed by atoms with van der Waals surface area (Å²) in [5.74, 6) is -0.520. The third-order valence-electron chi connectivity index (χ3n) is 6.79. The number of benzene rings is 2. The van der Waals surface area contributed by atoms with Gasteiger partial charge in [-0.3, -0.25) is 0 Å². The summed E-state index contributed by atoms with van der Waals surface area (Å²) in [5, 5.41) is 3.32. The largest absolute Gasteiger partial charge is 0.486 e.